The fourth-order valence-electron chi connectivity index (χ4n) is 1.64. The zero-order valence-corrected chi connectivity index (χ0v) is 14.8. The van der Waals surface area contributed by atoms with E-state index in [1.54, 1.807) is 11.3 Å². The summed E-state index contributed by atoms with van der Waals surface area (Å²) in [4.78, 5) is 16.2. The lowest BCUT2D eigenvalue weighted by Crippen LogP contribution is -2.43. The van der Waals surface area contributed by atoms with Crippen LogP contribution in [-0.2, 0) is 11.2 Å². The van der Waals surface area contributed by atoms with Crippen molar-refractivity contribution in [2.45, 2.75) is 51.3 Å². The van der Waals surface area contributed by atoms with E-state index < -0.39 is 0 Å². The predicted octanol–water partition coefficient (Wildman–Crippen LogP) is 2.82. The number of aromatic nitrogens is 3. The first kappa shape index (κ1) is 17.0. The highest BCUT2D eigenvalue weighted by Crippen LogP contribution is 2.19. The average molecular weight is 340 g/mol. The molecule has 0 spiro atoms. The van der Waals surface area contributed by atoms with Crippen molar-refractivity contribution in [2.24, 2.45) is 0 Å². The predicted molar refractivity (Wildman–Crippen MR) is 87.2 cm³/mol. The maximum atomic E-state index is 11.9. The third-order valence-corrected chi connectivity index (χ3v) is 4.78. The highest BCUT2D eigenvalue weighted by atomic mass is 32.2. The van der Waals surface area contributed by atoms with Crippen molar-refractivity contribution in [1.29, 1.82) is 0 Å². The molecular weight excluding hydrogens is 320 g/mol. The number of rotatable bonds is 7. The molecule has 0 atom stereocenters. The molecule has 0 aliphatic carbocycles. The SMILES string of the molecule is CCC(C)(C)NC(=O)CSc1nnc(Cc2csc(C)n2)o1. The third kappa shape index (κ3) is 5.10. The number of hydrogen-bond acceptors (Lipinski definition) is 7. The van der Waals surface area contributed by atoms with Gasteiger partial charge in [-0.15, -0.1) is 21.5 Å². The Labute approximate surface area is 138 Å². The monoisotopic (exact) mass is 340 g/mol. The summed E-state index contributed by atoms with van der Waals surface area (Å²) in [6.45, 7) is 7.99. The minimum atomic E-state index is -0.194. The Balaban J connectivity index is 1.83. The quantitative estimate of drug-likeness (QED) is 0.781. The molecule has 0 aliphatic rings. The normalized spacial score (nSPS) is 11.6. The average Bonchev–Trinajstić information content (AvgIpc) is 3.06. The molecule has 0 radical (unpaired) electrons. The maximum absolute atomic E-state index is 11.9. The molecule has 120 valence electrons. The zero-order chi connectivity index (χ0) is 16.2. The van der Waals surface area contributed by atoms with E-state index in [1.807, 2.05) is 33.1 Å². The number of thioether (sulfide) groups is 1. The molecule has 2 aromatic heterocycles. The largest absolute Gasteiger partial charge is 0.416 e. The number of aryl methyl sites for hydroxylation is 1. The summed E-state index contributed by atoms with van der Waals surface area (Å²) in [5.74, 6) is 0.745. The molecule has 22 heavy (non-hydrogen) atoms. The maximum Gasteiger partial charge on any atom is 0.277 e. The van der Waals surface area contributed by atoms with Gasteiger partial charge in [0.15, 0.2) is 0 Å². The molecule has 2 heterocycles. The van der Waals surface area contributed by atoms with Crippen LogP contribution < -0.4 is 5.32 Å². The standard InChI is InChI=1S/C14H20N4O2S2/c1-5-14(3,4)16-11(19)8-22-13-18-17-12(20-13)6-10-7-21-9(2)15-10/h7H,5-6,8H2,1-4H3,(H,16,19). The Kier molecular flexibility index (Phi) is 5.57. The molecule has 0 unspecified atom stereocenters. The topological polar surface area (TPSA) is 80.9 Å². The number of hydrogen-bond donors (Lipinski definition) is 1. The lowest BCUT2D eigenvalue weighted by Gasteiger charge is -2.24. The summed E-state index contributed by atoms with van der Waals surface area (Å²) in [5.41, 5.74) is 0.727. The van der Waals surface area contributed by atoms with Crippen LogP contribution in [0.5, 0.6) is 0 Å². The number of nitrogens with zero attached hydrogens (tertiary/aromatic N) is 3. The minimum Gasteiger partial charge on any atom is -0.416 e. The molecule has 0 aromatic carbocycles. The van der Waals surface area contributed by atoms with Crippen LogP contribution in [-0.4, -0.2) is 32.4 Å². The summed E-state index contributed by atoms with van der Waals surface area (Å²) < 4.78 is 5.53. The van der Waals surface area contributed by atoms with Gasteiger partial charge in [0.25, 0.3) is 5.22 Å². The Hall–Kier alpha value is -1.41. The molecule has 1 amide bonds. The fourth-order valence-corrected chi connectivity index (χ4v) is 2.83. The van der Waals surface area contributed by atoms with Crippen LogP contribution in [0.15, 0.2) is 15.0 Å². The van der Waals surface area contributed by atoms with Crippen molar-refractivity contribution in [2.75, 3.05) is 5.75 Å². The number of nitrogens with one attached hydrogen (secondary N) is 1. The molecule has 8 heteroatoms. The molecule has 1 N–H and O–H groups in total. The van der Waals surface area contributed by atoms with Crippen molar-refractivity contribution < 1.29 is 9.21 Å². The summed E-state index contributed by atoms with van der Waals surface area (Å²) in [7, 11) is 0. The minimum absolute atomic E-state index is 0.0354. The van der Waals surface area contributed by atoms with E-state index in [0.717, 1.165) is 17.1 Å². The van der Waals surface area contributed by atoms with Crippen LogP contribution in [0.25, 0.3) is 0 Å². The van der Waals surface area contributed by atoms with E-state index in [4.69, 9.17) is 4.42 Å². The summed E-state index contributed by atoms with van der Waals surface area (Å²) in [6.07, 6.45) is 1.40. The van der Waals surface area contributed by atoms with Crippen LogP contribution in [0.2, 0.25) is 0 Å². The van der Waals surface area contributed by atoms with E-state index >= 15 is 0 Å². The number of amides is 1. The molecular formula is C14H20N4O2S2. The van der Waals surface area contributed by atoms with E-state index in [-0.39, 0.29) is 17.2 Å². The second kappa shape index (κ2) is 7.23. The molecule has 0 saturated heterocycles. The Morgan fingerprint density at radius 1 is 1.45 bits per heavy atom. The van der Waals surface area contributed by atoms with Crippen LogP contribution in [0, 0.1) is 6.92 Å². The van der Waals surface area contributed by atoms with Gasteiger partial charge in [0.1, 0.15) is 0 Å². The molecule has 0 saturated carbocycles. The van der Waals surface area contributed by atoms with Gasteiger partial charge in [-0.1, -0.05) is 18.7 Å². The summed E-state index contributed by atoms with van der Waals surface area (Å²) >= 11 is 2.84. The Bertz CT molecular complexity index is 636. The van der Waals surface area contributed by atoms with Gasteiger partial charge < -0.3 is 9.73 Å². The molecule has 2 rings (SSSR count). The van der Waals surface area contributed by atoms with Crippen molar-refractivity contribution in [1.82, 2.24) is 20.5 Å². The van der Waals surface area contributed by atoms with Crippen LogP contribution in [0.4, 0.5) is 0 Å². The first-order valence-corrected chi connectivity index (χ1v) is 8.91. The number of carbonyl (C=O) groups is 1. The van der Waals surface area contributed by atoms with Crippen LogP contribution >= 0.6 is 23.1 Å². The van der Waals surface area contributed by atoms with Gasteiger partial charge in [0, 0.05) is 10.9 Å². The Morgan fingerprint density at radius 2 is 2.23 bits per heavy atom. The summed E-state index contributed by atoms with van der Waals surface area (Å²) in [6, 6.07) is 0. The van der Waals surface area contributed by atoms with E-state index in [2.05, 4.69) is 20.5 Å². The second-order valence-electron chi connectivity index (χ2n) is 5.57. The lowest BCUT2D eigenvalue weighted by molar-refractivity contribution is -0.120. The fraction of sp³-hybridized carbons (Fsp3) is 0.571. The molecule has 2 aromatic rings. The smallest absolute Gasteiger partial charge is 0.277 e. The van der Waals surface area contributed by atoms with Crippen molar-refractivity contribution in [3.8, 4) is 0 Å². The third-order valence-electron chi connectivity index (χ3n) is 3.14. The number of carbonyl (C=O) groups excluding carboxylic acids is 1. The molecule has 0 bridgehead atoms. The van der Waals surface area contributed by atoms with E-state index in [0.29, 0.717) is 17.5 Å². The first-order chi connectivity index (χ1) is 10.4. The van der Waals surface area contributed by atoms with Crippen molar-refractivity contribution >= 4 is 29.0 Å². The lowest BCUT2D eigenvalue weighted by atomic mass is 10.0. The molecule has 0 fully saturated rings. The number of thiazole rings is 1. The van der Waals surface area contributed by atoms with Crippen LogP contribution in [0.3, 0.4) is 0 Å². The van der Waals surface area contributed by atoms with Crippen LogP contribution in [0.1, 0.15) is 43.8 Å². The summed E-state index contributed by atoms with van der Waals surface area (Å²) in [5, 5.41) is 14.3. The zero-order valence-electron chi connectivity index (χ0n) is 13.2. The van der Waals surface area contributed by atoms with Gasteiger partial charge >= 0.3 is 0 Å². The first-order valence-electron chi connectivity index (χ1n) is 7.05. The molecule has 0 aliphatic heterocycles. The van der Waals surface area contributed by atoms with Gasteiger partial charge in [-0.2, -0.15) is 0 Å². The Morgan fingerprint density at radius 3 is 2.86 bits per heavy atom. The molecule has 6 nitrogen and oxygen atoms in total. The van der Waals surface area contributed by atoms with Gasteiger partial charge in [0.05, 0.1) is 22.9 Å². The van der Waals surface area contributed by atoms with Crippen molar-refractivity contribution in [3.05, 3.63) is 22.0 Å². The van der Waals surface area contributed by atoms with E-state index in [9.17, 15) is 4.79 Å². The second-order valence-corrected chi connectivity index (χ2v) is 7.56. The van der Waals surface area contributed by atoms with Gasteiger partial charge in [-0.3, -0.25) is 4.79 Å². The van der Waals surface area contributed by atoms with Gasteiger partial charge in [0.2, 0.25) is 11.8 Å². The highest BCUT2D eigenvalue weighted by molar-refractivity contribution is 7.99. The van der Waals surface area contributed by atoms with E-state index in [1.165, 1.54) is 11.8 Å². The highest BCUT2D eigenvalue weighted by Gasteiger charge is 2.18. The van der Waals surface area contributed by atoms with Gasteiger partial charge in [-0.25, -0.2) is 4.98 Å². The van der Waals surface area contributed by atoms with Crippen molar-refractivity contribution in [3.63, 3.8) is 0 Å². The van der Waals surface area contributed by atoms with Gasteiger partial charge in [-0.05, 0) is 27.2 Å².